The third-order valence-electron chi connectivity index (χ3n) is 5.84. The number of hydrogen-bond donors (Lipinski definition) is 2. The van der Waals surface area contributed by atoms with E-state index >= 15 is 0 Å². The molecule has 3 N–H and O–H groups in total. The number of carbonyl (C=O) groups excluding carboxylic acids is 1. The van der Waals surface area contributed by atoms with E-state index in [1.807, 2.05) is 0 Å². The maximum atomic E-state index is 14.2. The summed E-state index contributed by atoms with van der Waals surface area (Å²) < 4.78 is 51.6. The molecular weight excluding hydrogens is 544 g/mol. The van der Waals surface area contributed by atoms with Gasteiger partial charge in [0.1, 0.15) is 35.3 Å². The summed E-state index contributed by atoms with van der Waals surface area (Å²) in [6.07, 6.45) is -5.26. The quantitative estimate of drug-likeness (QED) is 0.232. The molecule has 1 aromatic heterocycles. The predicted octanol–water partition coefficient (Wildman–Crippen LogP) is 3.30. The van der Waals surface area contributed by atoms with E-state index in [4.69, 9.17) is 35.9 Å². The molecule has 1 saturated heterocycles. The van der Waals surface area contributed by atoms with Crippen LogP contribution >= 0.6 is 19.2 Å². The minimum atomic E-state index is -4.11. The number of nitrogen functional groups attached to an aromatic ring is 1. The van der Waals surface area contributed by atoms with Crippen LogP contribution in [0, 0.1) is 5.92 Å². The molecule has 3 rings (SSSR count). The van der Waals surface area contributed by atoms with Crippen LogP contribution < -0.4 is 15.9 Å². The van der Waals surface area contributed by atoms with Gasteiger partial charge in [-0.3, -0.25) is 13.9 Å². The second kappa shape index (κ2) is 12.1. The molecule has 2 heterocycles. The highest BCUT2D eigenvalue weighted by Crippen LogP contribution is 2.53. The van der Waals surface area contributed by atoms with E-state index in [9.17, 15) is 23.7 Å². The number of nitrogens with two attached hydrogens (primary N) is 1. The summed E-state index contributed by atoms with van der Waals surface area (Å²) in [5, 5.41) is 11.0. The maximum Gasteiger partial charge on any atom is 0.380 e. The van der Waals surface area contributed by atoms with Gasteiger partial charge in [-0.1, -0.05) is 25.1 Å². The Kier molecular flexibility index (Phi) is 9.59. The van der Waals surface area contributed by atoms with E-state index in [2.05, 4.69) is 4.98 Å². The first-order valence-electron chi connectivity index (χ1n) is 12.0. The number of aliphatic hydroxyl groups is 1. The summed E-state index contributed by atoms with van der Waals surface area (Å²) in [6.45, 7) is 5.03. The van der Waals surface area contributed by atoms with Gasteiger partial charge in [-0.15, -0.1) is 11.6 Å². The topological polar surface area (TPSA) is 152 Å². The maximum absolute atomic E-state index is 14.2. The molecule has 38 heavy (non-hydrogen) atoms. The third-order valence-corrected chi connectivity index (χ3v) is 8.49. The van der Waals surface area contributed by atoms with Gasteiger partial charge < -0.3 is 24.8 Å². The van der Waals surface area contributed by atoms with Crippen molar-refractivity contribution in [2.24, 2.45) is 5.92 Å². The molecule has 1 aliphatic heterocycles. The van der Waals surface area contributed by atoms with Gasteiger partial charge in [0, 0.05) is 6.20 Å². The molecule has 1 aromatic carbocycles. The number of carbonyl (C=O) groups is 1. The number of esters is 1. The fourth-order valence-corrected chi connectivity index (χ4v) is 6.36. The number of anilines is 1. The highest BCUT2D eigenvalue weighted by Gasteiger charge is 2.59. The van der Waals surface area contributed by atoms with Gasteiger partial charge in [-0.25, -0.2) is 13.8 Å². The van der Waals surface area contributed by atoms with Gasteiger partial charge in [0.05, 0.1) is 24.3 Å². The number of aromatic nitrogens is 2. The number of benzene rings is 1. The van der Waals surface area contributed by atoms with Gasteiger partial charge in [0.15, 0.2) is 6.23 Å². The lowest BCUT2D eigenvalue weighted by molar-refractivity contribution is -0.151. The van der Waals surface area contributed by atoms with Gasteiger partial charge in [0.2, 0.25) is 0 Å². The molecule has 1 aliphatic rings. The van der Waals surface area contributed by atoms with Crippen LogP contribution in [-0.2, 0) is 23.4 Å². The molecule has 0 radical (unpaired) electrons. The van der Waals surface area contributed by atoms with E-state index < -0.39 is 61.3 Å². The van der Waals surface area contributed by atoms with Gasteiger partial charge in [-0.2, -0.15) is 4.98 Å². The second-order valence-electron chi connectivity index (χ2n) is 9.40. The number of hydrogen-bond acceptors (Lipinski definition) is 10. The first-order chi connectivity index (χ1) is 17.8. The molecule has 2 aromatic rings. The monoisotopic (exact) mass is 575 g/mol. The van der Waals surface area contributed by atoms with Crippen LogP contribution in [0.5, 0.6) is 5.75 Å². The van der Waals surface area contributed by atoms with Crippen molar-refractivity contribution in [3.05, 3.63) is 53.1 Å². The van der Waals surface area contributed by atoms with Crippen LogP contribution in [0.4, 0.5) is 10.2 Å². The Bertz CT molecular complexity index is 1220. The summed E-state index contributed by atoms with van der Waals surface area (Å²) in [6, 6.07) is 9.46. The molecule has 0 amide bonds. The average Bonchev–Trinajstić information content (AvgIpc) is 3.10. The van der Waals surface area contributed by atoms with E-state index in [-0.39, 0.29) is 23.8 Å². The van der Waals surface area contributed by atoms with Crippen LogP contribution in [-0.4, -0.2) is 62.8 Å². The number of alkyl halides is 2. The van der Waals surface area contributed by atoms with Crippen molar-refractivity contribution in [2.75, 3.05) is 18.6 Å². The molecule has 11 nitrogen and oxygen atoms in total. The number of halogens is 2. The van der Waals surface area contributed by atoms with Crippen LogP contribution in [0.2, 0.25) is 0 Å². The second-order valence-corrected chi connectivity index (χ2v) is 12.1. The van der Waals surface area contributed by atoms with Crippen molar-refractivity contribution in [3.8, 4) is 5.75 Å². The fourth-order valence-electron chi connectivity index (χ4n) is 3.98. The molecule has 0 saturated carbocycles. The number of rotatable bonds is 11. The van der Waals surface area contributed by atoms with Crippen LogP contribution in [0.15, 0.2) is 47.4 Å². The number of nitrogens with zero attached hydrogens (tertiary/aromatic N) is 2. The van der Waals surface area contributed by atoms with Crippen LogP contribution in [0.25, 0.3) is 0 Å². The minimum absolute atomic E-state index is 0.0671. The average molecular weight is 576 g/mol. The molecule has 14 heteroatoms. The Morgan fingerprint density at radius 3 is 2.53 bits per heavy atom. The standard InChI is InChI=1S/C24H32ClFN3O8P/c1-14(2)34-21(31)15(3)12-38(33,37-17-8-6-5-7-9-17)36-16(4)19-20(30)24(25,13-26)22(35-19)29-11-10-18(27)28-23(29)32/h5-11,14-16,19-20,22,30H,12-13H2,1-4H3,(H2,27,28,32)/t15-,16-,19-,20+,22-,24?,38+/m1/s1. The predicted molar refractivity (Wildman–Crippen MR) is 138 cm³/mol. The Labute approximate surface area is 224 Å². The van der Waals surface area contributed by atoms with Crippen molar-refractivity contribution in [1.29, 1.82) is 0 Å². The van der Waals surface area contributed by atoms with Crippen molar-refractivity contribution in [3.63, 3.8) is 0 Å². The highest BCUT2D eigenvalue weighted by atomic mass is 35.5. The first-order valence-corrected chi connectivity index (χ1v) is 14.1. The molecule has 7 atom stereocenters. The summed E-state index contributed by atoms with van der Waals surface area (Å²) >= 11 is 6.45. The molecular formula is C24H32ClFN3O8P. The SMILES string of the molecule is CC(C)OC(=O)[C@H](C)C[P@@](=O)(Oc1ccccc1)O[C@H](C)[C@H]1O[C@@H](n2ccc(N)nc2=O)C(Cl)(CF)[C@H]1O. The smallest absolute Gasteiger partial charge is 0.380 e. The number of para-hydroxylation sites is 1. The van der Waals surface area contributed by atoms with E-state index in [1.54, 1.807) is 44.2 Å². The van der Waals surface area contributed by atoms with Gasteiger partial charge >= 0.3 is 19.3 Å². The third kappa shape index (κ3) is 6.73. The van der Waals surface area contributed by atoms with E-state index in [0.717, 1.165) is 4.57 Å². The Morgan fingerprint density at radius 2 is 1.95 bits per heavy atom. The Balaban J connectivity index is 1.88. The zero-order chi connectivity index (χ0) is 28.3. The van der Waals surface area contributed by atoms with E-state index in [0.29, 0.717) is 0 Å². The molecule has 0 aliphatic carbocycles. The van der Waals surface area contributed by atoms with Crippen molar-refractivity contribution in [2.45, 2.75) is 63.2 Å². The fraction of sp³-hybridized carbons (Fsp3) is 0.542. The van der Waals surface area contributed by atoms with Crippen molar-refractivity contribution >= 4 is 31.0 Å². The summed E-state index contributed by atoms with van der Waals surface area (Å²) in [5.74, 6) is -1.33. The zero-order valence-corrected chi connectivity index (χ0v) is 23.0. The van der Waals surface area contributed by atoms with Crippen molar-refractivity contribution < 1.29 is 37.4 Å². The minimum Gasteiger partial charge on any atom is -0.463 e. The summed E-state index contributed by atoms with van der Waals surface area (Å²) in [7, 11) is -4.11. The van der Waals surface area contributed by atoms with Crippen LogP contribution in [0.1, 0.15) is 33.9 Å². The normalized spacial score (nSPS) is 26.5. The Hall–Kier alpha value is -2.50. The van der Waals surface area contributed by atoms with Crippen molar-refractivity contribution in [1.82, 2.24) is 9.55 Å². The molecule has 0 spiro atoms. The molecule has 0 bridgehead atoms. The molecule has 1 unspecified atom stereocenters. The summed E-state index contributed by atoms with van der Waals surface area (Å²) in [4.78, 5) is 26.3. The molecule has 210 valence electrons. The zero-order valence-electron chi connectivity index (χ0n) is 21.4. The largest absolute Gasteiger partial charge is 0.463 e. The van der Waals surface area contributed by atoms with Gasteiger partial charge in [0.25, 0.3) is 0 Å². The van der Waals surface area contributed by atoms with Gasteiger partial charge in [-0.05, 0) is 39.0 Å². The lowest BCUT2D eigenvalue weighted by Crippen LogP contribution is -2.47. The van der Waals surface area contributed by atoms with Crippen LogP contribution in [0.3, 0.4) is 0 Å². The van der Waals surface area contributed by atoms with E-state index in [1.165, 1.54) is 26.1 Å². The molecule has 1 fully saturated rings. The summed E-state index contributed by atoms with van der Waals surface area (Å²) in [5.41, 5.74) is 4.66. The number of ether oxygens (including phenoxy) is 2. The lowest BCUT2D eigenvalue weighted by atomic mass is 9.97. The number of aliphatic hydroxyl groups excluding tert-OH is 1. The first kappa shape index (κ1) is 30.0. The lowest BCUT2D eigenvalue weighted by Gasteiger charge is -2.29. The Morgan fingerprint density at radius 1 is 1.29 bits per heavy atom. The highest BCUT2D eigenvalue weighted by molar-refractivity contribution is 7.54.